The van der Waals surface area contributed by atoms with Crippen LogP contribution < -0.4 is 4.74 Å². The zero-order chi connectivity index (χ0) is 8.97. The zero-order valence-electron chi connectivity index (χ0n) is 6.49. The van der Waals surface area contributed by atoms with Crippen LogP contribution >= 0.6 is 0 Å². The SMILES string of the molecule is COc1cc(F)cc(C=NO)c1. The molecule has 0 radical (unpaired) electrons. The van der Waals surface area contributed by atoms with Gasteiger partial charge in [-0.3, -0.25) is 0 Å². The van der Waals surface area contributed by atoms with E-state index in [0.29, 0.717) is 11.3 Å². The number of nitrogens with zero attached hydrogens (tertiary/aromatic N) is 1. The Labute approximate surface area is 69.1 Å². The molecule has 0 saturated heterocycles. The predicted molar refractivity (Wildman–Crippen MR) is 42.3 cm³/mol. The minimum Gasteiger partial charge on any atom is -0.497 e. The first-order chi connectivity index (χ1) is 5.76. The molecular formula is C8H8FNO2. The fourth-order valence-electron chi connectivity index (χ4n) is 0.843. The van der Waals surface area contributed by atoms with Crippen LogP contribution in [0.15, 0.2) is 23.4 Å². The maximum absolute atomic E-state index is 12.7. The molecule has 0 aromatic heterocycles. The van der Waals surface area contributed by atoms with Gasteiger partial charge in [0, 0.05) is 11.6 Å². The summed E-state index contributed by atoms with van der Waals surface area (Å²) >= 11 is 0. The topological polar surface area (TPSA) is 41.8 Å². The van der Waals surface area contributed by atoms with Gasteiger partial charge in [0.1, 0.15) is 11.6 Å². The lowest BCUT2D eigenvalue weighted by molar-refractivity contribution is 0.322. The Bertz CT molecular complexity index is 299. The van der Waals surface area contributed by atoms with Gasteiger partial charge in [-0.15, -0.1) is 0 Å². The Morgan fingerprint density at radius 2 is 2.25 bits per heavy atom. The molecule has 0 saturated carbocycles. The van der Waals surface area contributed by atoms with E-state index in [-0.39, 0.29) is 0 Å². The molecule has 0 heterocycles. The molecule has 0 atom stereocenters. The van der Waals surface area contributed by atoms with E-state index < -0.39 is 5.82 Å². The van der Waals surface area contributed by atoms with Crippen molar-refractivity contribution in [1.82, 2.24) is 0 Å². The summed E-state index contributed by atoms with van der Waals surface area (Å²) in [4.78, 5) is 0. The molecule has 0 amide bonds. The van der Waals surface area contributed by atoms with Crippen LogP contribution in [0.2, 0.25) is 0 Å². The second-order valence-corrected chi connectivity index (χ2v) is 2.17. The van der Waals surface area contributed by atoms with Crippen molar-refractivity contribution in [3.05, 3.63) is 29.6 Å². The Morgan fingerprint density at radius 3 is 2.83 bits per heavy atom. The summed E-state index contributed by atoms with van der Waals surface area (Å²) < 4.78 is 17.5. The third-order valence-electron chi connectivity index (χ3n) is 1.34. The minimum atomic E-state index is -0.427. The molecule has 1 N–H and O–H groups in total. The lowest BCUT2D eigenvalue weighted by atomic mass is 10.2. The summed E-state index contributed by atoms with van der Waals surface area (Å²) in [5, 5.41) is 11.0. The van der Waals surface area contributed by atoms with E-state index in [9.17, 15) is 4.39 Å². The van der Waals surface area contributed by atoms with E-state index in [0.717, 1.165) is 6.21 Å². The molecule has 12 heavy (non-hydrogen) atoms. The average molecular weight is 169 g/mol. The molecule has 0 aliphatic rings. The normalized spacial score (nSPS) is 10.5. The van der Waals surface area contributed by atoms with Crippen molar-refractivity contribution in [2.75, 3.05) is 7.11 Å². The monoisotopic (exact) mass is 169 g/mol. The van der Waals surface area contributed by atoms with Crippen molar-refractivity contribution in [1.29, 1.82) is 0 Å². The van der Waals surface area contributed by atoms with E-state index in [1.807, 2.05) is 0 Å². The maximum Gasteiger partial charge on any atom is 0.127 e. The van der Waals surface area contributed by atoms with Gasteiger partial charge in [0.15, 0.2) is 0 Å². The van der Waals surface area contributed by atoms with Crippen LogP contribution in [0.5, 0.6) is 5.75 Å². The summed E-state index contributed by atoms with van der Waals surface area (Å²) in [6.07, 6.45) is 1.13. The van der Waals surface area contributed by atoms with Gasteiger partial charge in [0.25, 0.3) is 0 Å². The number of hydrogen-bond acceptors (Lipinski definition) is 3. The first-order valence-corrected chi connectivity index (χ1v) is 3.28. The summed E-state index contributed by atoms with van der Waals surface area (Å²) in [6.45, 7) is 0. The quantitative estimate of drug-likeness (QED) is 0.415. The minimum absolute atomic E-state index is 0.393. The summed E-state index contributed by atoms with van der Waals surface area (Å²) in [7, 11) is 1.44. The molecule has 1 aromatic rings. The van der Waals surface area contributed by atoms with Crippen molar-refractivity contribution in [2.45, 2.75) is 0 Å². The summed E-state index contributed by atoms with van der Waals surface area (Å²) in [5.41, 5.74) is 0.453. The van der Waals surface area contributed by atoms with Crippen LogP contribution in [0.1, 0.15) is 5.56 Å². The van der Waals surface area contributed by atoms with Gasteiger partial charge >= 0.3 is 0 Å². The Hall–Kier alpha value is -1.58. The largest absolute Gasteiger partial charge is 0.497 e. The molecule has 0 spiro atoms. The van der Waals surface area contributed by atoms with Crippen molar-refractivity contribution in [3.63, 3.8) is 0 Å². The van der Waals surface area contributed by atoms with Gasteiger partial charge in [-0.25, -0.2) is 4.39 Å². The van der Waals surface area contributed by atoms with Gasteiger partial charge in [-0.1, -0.05) is 5.16 Å². The number of benzene rings is 1. The summed E-state index contributed by atoms with van der Waals surface area (Å²) in [6, 6.07) is 4.04. The highest BCUT2D eigenvalue weighted by molar-refractivity contribution is 5.79. The predicted octanol–water partition coefficient (Wildman–Crippen LogP) is 1.64. The molecule has 1 rings (SSSR count). The molecule has 0 aliphatic heterocycles. The molecule has 0 bridgehead atoms. The van der Waals surface area contributed by atoms with Crippen molar-refractivity contribution in [3.8, 4) is 5.75 Å². The van der Waals surface area contributed by atoms with E-state index in [1.165, 1.54) is 19.2 Å². The Kier molecular flexibility index (Phi) is 2.63. The van der Waals surface area contributed by atoms with Crippen LogP contribution in [0, 0.1) is 5.82 Å². The molecule has 0 aliphatic carbocycles. The number of methoxy groups -OCH3 is 1. The van der Waals surface area contributed by atoms with E-state index in [4.69, 9.17) is 9.94 Å². The molecule has 0 unspecified atom stereocenters. The number of rotatable bonds is 2. The Morgan fingerprint density at radius 1 is 1.50 bits per heavy atom. The lowest BCUT2D eigenvalue weighted by Crippen LogP contribution is -1.88. The highest BCUT2D eigenvalue weighted by Crippen LogP contribution is 2.14. The van der Waals surface area contributed by atoms with E-state index in [2.05, 4.69) is 5.16 Å². The average Bonchev–Trinajstić information content (AvgIpc) is 2.04. The van der Waals surface area contributed by atoms with Gasteiger partial charge in [0.05, 0.1) is 13.3 Å². The lowest BCUT2D eigenvalue weighted by Gasteiger charge is -2.00. The molecule has 4 heteroatoms. The van der Waals surface area contributed by atoms with E-state index in [1.54, 1.807) is 6.07 Å². The van der Waals surface area contributed by atoms with Crippen molar-refractivity contribution >= 4 is 6.21 Å². The fraction of sp³-hybridized carbons (Fsp3) is 0.125. The second kappa shape index (κ2) is 3.71. The molecule has 1 aromatic carbocycles. The number of oxime groups is 1. The van der Waals surface area contributed by atoms with Crippen molar-refractivity contribution in [2.24, 2.45) is 5.16 Å². The third kappa shape index (κ3) is 1.95. The number of halogens is 1. The smallest absolute Gasteiger partial charge is 0.127 e. The van der Waals surface area contributed by atoms with Crippen LogP contribution in [0.4, 0.5) is 4.39 Å². The number of hydrogen-bond donors (Lipinski definition) is 1. The molecule has 64 valence electrons. The van der Waals surface area contributed by atoms with Gasteiger partial charge < -0.3 is 9.94 Å². The van der Waals surface area contributed by atoms with Gasteiger partial charge in [-0.2, -0.15) is 0 Å². The number of ether oxygens (including phenoxy) is 1. The standard InChI is InChI=1S/C8H8FNO2/c1-12-8-3-6(5-10-11)2-7(9)4-8/h2-5,11H,1H3. The molecule has 3 nitrogen and oxygen atoms in total. The Balaban J connectivity index is 3.06. The summed E-state index contributed by atoms with van der Waals surface area (Å²) in [5.74, 6) is -0.0332. The van der Waals surface area contributed by atoms with Crippen LogP contribution in [0.25, 0.3) is 0 Å². The highest BCUT2D eigenvalue weighted by atomic mass is 19.1. The first kappa shape index (κ1) is 8.52. The fourth-order valence-corrected chi connectivity index (χ4v) is 0.843. The highest BCUT2D eigenvalue weighted by Gasteiger charge is 1.98. The van der Waals surface area contributed by atoms with Crippen LogP contribution in [-0.4, -0.2) is 18.5 Å². The van der Waals surface area contributed by atoms with Crippen LogP contribution in [0.3, 0.4) is 0 Å². The maximum atomic E-state index is 12.7. The van der Waals surface area contributed by atoms with E-state index >= 15 is 0 Å². The van der Waals surface area contributed by atoms with Crippen molar-refractivity contribution < 1.29 is 14.3 Å². The zero-order valence-corrected chi connectivity index (χ0v) is 6.49. The van der Waals surface area contributed by atoms with Gasteiger partial charge in [-0.05, 0) is 12.1 Å². The van der Waals surface area contributed by atoms with Crippen LogP contribution in [-0.2, 0) is 0 Å². The third-order valence-corrected chi connectivity index (χ3v) is 1.34. The molecule has 0 fully saturated rings. The molecular weight excluding hydrogens is 161 g/mol. The first-order valence-electron chi connectivity index (χ1n) is 3.28. The van der Waals surface area contributed by atoms with Gasteiger partial charge in [0.2, 0.25) is 0 Å². The second-order valence-electron chi connectivity index (χ2n) is 2.17.